The third-order valence-corrected chi connectivity index (χ3v) is 7.13. The minimum Gasteiger partial charge on any atom is -0.393 e. The maximum atomic E-state index is 11.8. The summed E-state index contributed by atoms with van der Waals surface area (Å²) in [6.07, 6.45) is 5.89. The topological polar surface area (TPSA) is 40.5 Å². The van der Waals surface area contributed by atoms with E-state index in [1.807, 2.05) is 0 Å². The predicted octanol–water partition coefficient (Wildman–Crippen LogP) is 4.63. The highest BCUT2D eigenvalue weighted by Crippen LogP contribution is 2.57. The summed E-state index contributed by atoms with van der Waals surface area (Å²) in [7, 11) is 0. The first kappa shape index (κ1) is 18.3. The Morgan fingerprint density at radius 3 is 2.09 bits per heavy atom. The van der Waals surface area contributed by atoms with Crippen molar-refractivity contribution in [2.45, 2.75) is 91.8 Å². The van der Waals surface area contributed by atoms with Crippen LogP contribution < -0.4 is 0 Å². The summed E-state index contributed by atoms with van der Waals surface area (Å²) in [5.74, 6) is 2.40. The predicted molar refractivity (Wildman–Crippen MR) is 92.6 cm³/mol. The zero-order valence-corrected chi connectivity index (χ0v) is 15.6. The van der Waals surface area contributed by atoms with E-state index >= 15 is 0 Å². The standard InChI is InChI=1S/C20H38O2/c1-13(2)16-9-10-19(6,12-18(16)21)20(22)11-15(5)7-8-17(20)14(3)4/h13-18,21-22H,7-12H2,1-6H3/t15-,16+,17+,18-,19-,20-/m1/s1. The number of rotatable bonds is 3. The lowest BCUT2D eigenvalue weighted by molar-refractivity contribution is -0.193. The second-order valence-corrected chi connectivity index (χ2v) is 9.44. The molecule has 2 N–H and O–H groups in total. The highest BCUT2D eigenvalue weighted by atomic mass is 16.3. The first-order valence-electron chi connectivity index (χ1n) is 9.51. The van der Waals surface area contributed by atoms with Gasteiger partial charge in [0.05, 0.1) is 11.7 Å². The Bertz CT molecular complexity index is 378. The lowest BCUT2D eigenvalue weighted by Gasteiger charge is -2.58. The van der Waals surface area contributed by atoms with Gasteiger partial charge in [-0.3, -0.25) is 0 Å². The normalized spacial score (nSPS) is 47.2. The van der Waals surface area contributed by atoms with Crippen LogP contribution in [0.1, 0.15) is 80.1 Å². The molecule has 2 nitrogen and oxygen atoms in total. The molecule has 0 aromatic heterocycles. The van der Waals surface area contributed by atoms with Crippen LogP contribution in [-0.2, 0) is 0 Å². The van der Waals surface area contributed by atoms with Gasteiger partial charge in [-0.15, -0.1) is 0 Å². The van der Waals surface area contributed by atoms with Crippen LogP contribution in [0.25, 0.3) is 0 Å². The van der Waals surface area contributed by atoms with E-state index in [1.54, 1.807) is 0 Å². The Hall–Kier alpha value is -0.0800. The van der Waals surface area contributed by atoms with Gasteiger partial charge in [0.1, 0.15) is 0 Å². The molecule has 2 saturated carbocycles. The number of hydrogen-bond donors (Lipinski definition) is 2. The largest absolute Gasteiger partial charge is 0.393 e. The van der Waals surface area contributed by atoms with Gasteiger partial charge in [-0.25, -0.2) is 0 Å². The van der Waals surface area contributed by atoms with E-state index in [4.69, 9.17) is 0 Å². The average molecular weight is 311 g/mol. The monoisotopic (exact) mass is 310 g/mol. The molecule has 130 valence electrons. The SMILES string of the molecule is CC(C)[C@@H]1CC[C@@](C)([C@@]2(O)C[C@H](C)CC[C@H]2C(C)C)C[C@H]1O. The van der Waals surface area contributed by atoms with Gasteiger partial charge in [0.15, 0.2) is 0 Å². The van der Waals surface area contributed by atoms with E-state index in [1.165, 1.54) is 6.42 Å². The van der Waals surface area contributed by atoms with E-state index in [2.05, 4.69) is 41.5 Å². The van der Waals surface area contributed by atoms with Gasteiger partial charge in [-0.05, 0) is 67.1 Å². The molecule has 0 aromatic rings. The zero-order valence-electron chi connectivity index (χ0n) is 15.6. The maximum Gasteiger partial charge on any atom is 0.0735 e. The van der Waals surface area contributed by atoms with Gasteiger partial charge < -0.3 is 10.2 Å². The summed E-state index contributed by atoms with van der Waals surface area (Å²) in [6.45, 7) is 13.5. The van der Waals surface area contributed by atoms with Crippen molar-refractivity contribution in [3.05, 3.63) is 0 Å². The molecule has 22 heavy (non-hydrogen) atoms. The minimum atomic E-state index is -0.609. The Morgan fingerprint density at radius 2 is 1.59 bits per heavy atom. The van der Waals surface area contributed by atoms with Gasteiger partial charge >= 0.3 is 0 Å². The molecule has 0 aromatic carbocycles. The van der Waals surface area contributed by atoms with Crippen LogP contribution in [0.15, 0.2) is 0 Å². The summed E-state index contributed by atoms with van der Waals surface area (Å²) < 4.78 is 0. The third-order valence-electron chi connectivity index (χ3n) is 7.13. The van der Waals surface area contributed by atoms with Gasteiger partial charge in [-0.1, -0.05) is 48.0 Å². The van der Waals surface area contributed by atoms with Crippen molar-refractivity contribution in [2.75, 3.05) is 0 Å². The number of aliphatic hydroxyl groups is 2. The quantitative estimate of drug-likeness (QED) is 0.797. The summed E-state index contributed by atoms with van der Waals surface area (Å²) in [5.41, 5.74) is -0.747. The fourth-order valence-corrected chi connectivity index (χ4v) is 5.63. The van der Waals surface area contributed by atoms with Crippen molar-refractivity contribution in [2.24, 2.45) is 35.0 Å². The molecule has 2 aliphatic rings. The molecule has 2 aliphatic carbocycles. The van der Waals surface area contributed by atoms with E-state index in [9.17, 15) is 10.2 Å². The lowest BCUT2D eigenvalue weighted by atomic mass is 9.51. The lowest BCUT2D eigenvalue weighted by Crippen LogP contribution is -2.59. The average Bonchev–Trinajstić information content (AvgIpc) is 2.37. The molecular weight excluding hydrogens is 272 g/mol. The molecule has 0 spiro atoms. The van der Waals surface area contributed by atoms with E-state index in [-0.39, 0.29) is 11.5 Å². The van der Waals surface area contributed by atoms with Crippen LogP contribution in [0.5, 0.6) is 0 Å². The van der Waals surface area contributed by atoms with E-state index in [0.29, 0.717) is 29.6 Å². The van der Waals surface area contributed by atoms with E-state index < -0.39 is 5.60 Å². The van der Waals surface area contributed by atoms with Crippen molar-refractivity contribution in [3.8, 4) is 0 Å². The fraction of sp³-hybridized carbons (Fsp3) is 1.00. The highest BCUT2D eigenvalue weighted by Gasteiger charge is 2.56. The van der Waals surface area contributed by atoms with Crippen LogP contribution >= 0.6 is 0 Å². The van der Waals surface area contributed by atoms with Crippen molar-refractivity contribution in [1.82, 2.24) is 0 Å². The molecule has 2 heteroatoms. The summed E-state index contributed by atoms with van der Waals surface area (Å²) >= 11 is 0. The highest BCUT2D eigenvalue weighted by molar-refractivity contribution is 5.07. The molecule has 0 amide bonds. The van der Waals surface area contributed by atoms with E-state index in [0.717, 1.165) is 32.1 Å². The van der Waals surface area contributed by atoms with Crippen molar-refractivity contribution >= 4 is 0 Å². The van der Waals surface area contributed by atoms with Crippen LogP contribution in [0.2, 0.25) is 0 Å². The number of hydrogen-bond acceptors (Lipinski definition) is 2. The van der Waals surface area contributed by atoms with Crippen molar-refractivity contribution < 1.29 is 10.2 Å². The Morgan fingerprint density at radius 1 is 0.955 bits per heavy atom. The minimum absolute atomic E-state index is 0.137. The van der Waals surface area contributed by atoms with Gasteiger partial charge in [0.2, 0.25) is 0 Å². The molecule has 0 aliphatic heterocycles. The van der Waals surface area contributed by atoms with Gasteiger partial charge in [-0.2, -0.15) is 0 Å². The molecule has 0 unspecified atom stereocenters. The fourth-order valence-electron chi connectivity index (χ4n) is 5.63. The summed E-state index contributed by atoms with van der Waals surface area (Å²) in [4.78, 5) is 0. The Balaban J connectivity index is 2.26. The van der Waals surface area contributed by atoms with Crippen LogP contribution in [0.4, 0.5) is 0 Å². The smallest absolute Gasteiger partial charge is 0.0735 e. The van der Waals surface area contributed by atoms with Crippen molar-refractivity contribution in [1.29, 1.82) is 0 Å². The Labute approximate surface area is 137 Å². The second-order valence-electron chi connectivity index (χ2n) is 9.44. The molecule has 0 radical (unpaired) electrons. The summed E-state index contributed by atoms with van der Waals surface area (Å²) in [6, 6.07) is 0. The molecule has 0 bridgehead atoms. The van der Waals surface area contributed by atoms with Crippen LogP contribution in [0, 0.1) is 35.0 Å². The van der Waals surface area contributed by atoms with Gasteiger partial charge in [0, 0.05) is 0 Å². The molecular formula is C20H38O2. The second kappa shape index (κ2) is 6.43. The molecule has 2 fully saturated rings. The van der Waals surface area contributed by atoms with Crippen LogP contribution in [-0.4, -0.2) is 21.9 Å². The molecule has 2 rings (SSSR count). The first-order chi connectivity index (χ1) is 10.1. The summed E-state index contributed by atoms with van der Waals surface area (Å²) in [5, 5.41) is 22.5. The van der Waals surface area contributed by atoms with Crippen molar-refractivity contribution in [3.63, 3.8) is 0 Å². The number of aliphatic hydroxyl groups excluding tert-OH is 1. The maximum absolute atomic E-state index is 11.8. The zero-order chi connectivity index (χ0) is 16.7. The van der Waals surface area contributed by atoms with Crippen LogP contribution in [0.3, 0.4) is 0 Å². The molecule has 6 atom stereocenters. The Kier molecular flexibility index (Phi) is 5.34. The molecule has 0 heterocycles. The molecule has 0 saturated heterocycles. The first-order valence-corrected chi connectivity index (χ1v) is 9.51. The third kappa shape index (κ3) is 3.11. The van der Waals surface area contributed by atoms with Gasteiger partial charge in [0.25, 0.3) is 0 Å².